The van der Waals surface area contributed by atoms with E-state index < -0.39 is 0 Å². The standard InChI is InChI=1S/C9H16O/c1-5-9(4,6-2)7-8(3)10/h5H,1,6-7H2,2-4H3. The number of carbonyl (C=O) groups excluding carboxylic acids is 1. The highest BCUT2D eigenvalue weighted by Gasteiger charge is 2.18. The Hall–Kier alpha value is -0.590. The van der Waals surface area contributed by atoms with Gasteiger partial charge < -0.3 is 0 Å². The van der Waals surface area contributed by atoms with E-state index in [1.54, 1.807) is 6.92 Å². The highest BCUT2D eigenvalue weighted by Crippen LogP contribution is 2.26. The van der Waals surface area contributed by atoms with Crippen LogP contribution in [0.25, 0.3) is 0 Å². The van der Waals surface area contributed by atoms with Crippen molar-refractivity contribution in [2.45, 2.75) is 33.6 Å². The molecule has 0 saturated heterocycles. The van der Waals surface area contributed by atoms with Crippen molar-refractivity contribution < 1.29 is 4.79 Å². The Morgan fingerprint density at radius 3 is 2.30 bits per heavy atom. The smallest absolute Gasteiger partial charge is 0.130 e. The van der Waals surface area contributed by atoms with Crippen LogP contribution in [0, 0.1) is 5.41 Å². The summed E-state index contributed by atoms with van der Waals surface area (Å²) in [6.45, 7) is 9.46. The van der Waals surface area contributed by atoms with E-state index in [9.17, 15) is 4.79 Å². The Kier molecular flexibility index (Phi) is 3.34. The van der Waals surface area contributed by atoms with E-state index in [0.717, 1.165) is 6.42 Å². The number of ketones is 1. The van der Waals surface area contributed by atoms with Crippen molar-refractivity contribution in [3.8, 4) is 0 Å². The molecule has 0 spiro atoms. The molecule has 0 saturated carbocycles. The SMILES string of the molecule is C=CC(C)(CC)CC(C)=O. The van der Waals surface area contributed by atoms with Crippen LogP contribution in [0.3, 0.4) is 0 Å². The monoisotopic (exact) mass is 140 g/mol. The molecule has 0 fully saturated rings. The summed E-state index contributed by atoms with van der Waals surface area (Å²) >= 11 is 0. The third-order valence-corrected chi connectivity index (χ3v) is 1.95. The van der Waals surface area contributed by atoms with E-state index in [2.05, 4.69) is 20.4 Å². The van der Waals surface area contributed by atoms with E-state index in [-0.39, 0.29) is 11.2 Å². The van der Waals surface area contributed by atoms with Gasteiger partial charge in [-0.05, 0) is 18.8 Å². The lowest BCUT2D eigenvalue weighted by atomic mass is 9.83. The molecule has 0 aliphatic rings. The van der Waals surface area contributed by atoms with Crippen molar-refractivity contribution in [2.24, 2.45) is 5.41 Å². The zero-order valence-corrected chi connectivity index (χ0v) is 7.11. The van der Waals surface area contributed by atoms with Crippen molar-refractivity contribution in [1.82, 2.24) is 0 Å². The van der Waals surface area contributed by atoms with E-state index in [4.69, 9.17) is 0 Å². The molecular formula is C9H16O. The van der Waals surface area contributed by atoms with Gasteiger partial charge in [-0.25, -0.2) is 0 Å². The first-order valence-electron chi connectivity index (χ1n) is 3.67. The van der Waals surface area contributed by atoms with Crippen LogP contribution in [0.2, 0.25) is 0 Å². The third-order valence-electron chi connectivity index (χ3n) is 1.95. The Bertz CT molecular complexity index is 138. The molecule has 0 heterocycles. The van der Waals surface area contributed by atoms with Crippen LogP contribution in [-0.2, 0) is 4.79 Å². The summed E-state index contributed by atoms with van der Waals surface area (Å²) in [6.07, 6.45) is 3.47. The molecule has 10 heavy (non-hydrogen) atoms. The largest absolute Gasteiger partial charge is 0.300 e. The maximum Gasteiger partial charge on any atom is 0.130 e. The second-order valence-electron chi connectivity index (χ2n) is 3.09. The average Bonchev–Trinajstić information content (AvgIpc) is 1.87. The molecular weight excluding hydrogens is 124 g/mol. The number of carbonyl (C=O) groups is 1. The van der Waals surface area contributed by atoms with Gasteiger partial charge in [0.2, 0.25) is 0 Å². The number of allylic oxidation sites excluding steroid dienone is 1. The van der Waals surface area contributed by atoms with Crippen LogP contribution >= 0.6 is 0 Å². The van der Waals surface area contributed by atoms with Gasteiger partial charge in [-0.15, -0.1) is 6.58 Å². The summed E-state index contributed by atoms with van der Waals surface area (Å²) in [5, 5.41) is 0. The first-order chi connectivity index (χ1) is 4.54. The molecule has 0 rings (SSSR count). The number of hydrogen-bond acceptors (Lipinski definition) is 1. The van der Waals surface area contributed by atoms with Gasteiger partial charge in [-0.1, -0.05) is 19.9 Å². The van der Waals surface area contributed by atoms with Crippen LogP contribution < -0.4 is 0 Å². The zero-order valence-electron chi connectivity index (χ0n) is 7.11. The Morgan fingerprint density at radius 2 is 2.20 bits per heavy atom. The summed E-state index contributed by atoms with van der Waals surface area (Å²) < 4.78 is 0. The van der Waals surface area contributed by atoms with Crippen LogP contribution in [0.1, 0.15) is 33.6 Å². The van der Waals surface area contributed by atoms with Gasteiger partial charge in [0.05, 0.1) is 0 Å². The predicted octanol–water partition coefficient (Wildman–Crippen LogP) is 2.57. The van der Waals surface area contributed by atoms with Crippen molar-refractivity contribution in [1.29, 1.82) is 0 Å². The van der Waals surface area contributed by atoms with Crippen molar-refractivity contribution in [3.05, 3.63) is 12.7 Å². The predicted molar refractivity (Wildman–Crippen MR) is 43.9 cm³/mol. The van der Waals surface area contributed by atoms with Gasteiger partial charge in [-0.2, -0.15) is 0 Å². The lowest BCUT2D eigenvalue weighted by Crippen LogP contribution is -2.15. The summed E-state index contributed by atoms with van der Waals surface area (Å²) in [5.74, 6) is 0.240. The molecule has 1 heteroatoms. The molecule has 0 aliphatic heterocycles. The van der Waals surface area contributed by atoms with E-state index in [1.165, 1.54) is 0 Å². The van der Waals surface area contributed by atoms with Crippen molar-refractivity contribution >= 4 is 5.78 Å². The van der Waals surface area contributed by atoms with Crippen LogP contribution in [0.15, 0.2) is 12.7 Å². The molecule has 1 nitrogen and oxygen atoms in total. The highest BCUT2D eigenvalue weighted by atomic mass is 16.1. The quantitative estimate of drug-likeness (QED) is 0.548. The van der Waals surface area contributed by atoms with E-state index in [1.807, 2.05) is 6.08 Å². The summed E-state index contributed by atoms with van der Waals surface area (Å²) in [4.78, 5) is 10.7. The lowest BCUT2D eigenvalue weighted by Gasteiger charge is -2.21. The minimum absolute atomic E-state index is 0.0197. The van der Waals surface area contributed by atoms with Crippen LogP contribution in [0.4, 0.5) is 0 Å². The number of Topliss-reactive ketones (excluding diaryl/α,β-unsaturated/α-hetero) is 1. The lowest BCUT2D eigenvalue weighted by molar-refractivity contribution is -0.118. The Morgan fingerprint density at radius 1 is 1.70 bits per heavy atom. The molecule has 0 aromatic rings. The maximum atomic E-state index is 10.7. The van der Waals surface area contributed by atoms with Crippen LogP contribution in [0.5, 0.6) is 0 Å². The van der Waals surface area contributed by atoms with Crippen LogP contribution in [-0.4, -0.2) is 5.78 Å². The normalized spacial score (nSPS) is 15.9. The molecule has 0 aliphatic carbocycles. The van der Waals surface area contributed by atoms with Gasteiger partial charge in [-0.3, -0.25) is 4.79 Å². The Labute approximate surface area is 63.1 Å². The molecule has 0 bridgehead atoms. The van der Waals surface area contributed by atoms with E-state index in [0.29, 0.717) is 6.42 Å². The number of hydrogen-bond donors (Lipinski definition) is 0. The molecule has 0 aromatic heterocycles. The maximum absolute atomic E-state index is 10.7. The average molecular weight is 140 g/mol. The molecule has 1 atom stereocenters. The molecule has 0 N–H and O–H groups in total. The molecule has 0 amide bonds. The fraction of sp³-hybridized carbons (Fsp3) is 0.667. The number of rotatable bonds is 4. The highest BCUT2D eigenvalue weighted by molar-refractivity contribution is 5.76. The summed E-state index contributed by atoms with van der Waals surface area (Å²) in [6, 6.07) is 0. The van der Waals surface area contributed by atoms with Crippen molar-refractivity contribution in [3.63, 3.8) is 0 Å². The molecule has 0 radical (unpaired) electrons. The fourth-order valence-corrected chi connectivity index (χ4v) is 0.910. The second kappa shape index (κ2) is 3.55. The minimum Gasteiger partial charge on any atom is -0.300 e. The second-order valence-corrected chi connectivity index (χ2v) is 3.09. The molecule has 0 aromatic carbocycles. The van der Waals surface area contributed by atoms with Gasteiger partial charge >= 0.3 is 0 Å². The fourth-order valence-electron chi connectivity index (χ4n) is 0.910. The van der Waals surface area contributed by atoms with Gasteiger partial charge in [0.1, 0.15) is 5.78 Å². The molecule has 1 unspecified atom stereocenters. The van der Waals surface area contributed by atoms with Gasteiger partial charge in [0.15, 0.2) is 0 Å². The first kappa shape index (κ1) is 9.41. The molecule has 58 valence electrons. The Balaban J connectivity index is 4.05. The van der Waals surface area contributed by atoms with Crippen molar-refractivity contribution in [2.75, 3.05) is 0 Å². The summed E-state index contributed by atoms with van der Waals surface area (Å²) in [5.41, 5.74) is 0.0197. The van der Waals surface area contributed by atoms with Gasteiger partial charge in [0.25, 0.3) is 0 Å². The minimum atomic E-state index is 0.0197. The first-order valence-corrected chi connectivity index (χ1v) is 3.67. The van der Waals surface area contributed by atoms with Gasteiger partial charge in [0, 0.05) is 6.42 Å². The third kappa shape index (κ3) is 2.81. The topological polar surface area (TPSA) is 17.1 Å². The van der Waals surface area contributed by atoms with E-state index >= 15 is 0 Å². The zero-order chi connectivity index (χ0) is 8.20. The summed E-state index contributed by atoms with van der Waals surface area (Å²) in [7, 11) is 0.